The number of imidazole rings is 1. The molecule has 1 heterocycles. The van der Waals surface area contributed by atoms with E-state index in [0.717, 1.165) is 22.6 Å². The summed E-state index contributed by atoms with van der Waals surface area (Å²) in [6.07, 6.45) is 2.39. The molecule has 0 radical (unpaired) electrons. The molecule has 3 aromatic carbocycles. The fourth-order valence-electron chi connectivity index (χ4n) is 3.83. The lowest BCUT2D eigenvalue weighted by Crippen LogP contribution is -2.05. The predicted octanol–water partition coefficient (Wildman–Crippen LogP) is 5.03. The second kappa shape index (κ2) is 9.61. The molecule has 0 saturated heterocycles. The minimum atomic E-state index is -0.226. The second-order valence-corrected chi connectivity index (χ2v) is 7.60. The molecule has 0 spiro atoms. The minimum Gasteiger partial charge on any atom is -0.493 e. The van der Waals surface area contributed by atoms with E-state index in [1.54, 1.807) is 18.3 Å². The largest absolute Gasteiger partial charge is 0.493 e. The zero-order valence-electron chi connectivity index (χ0n) is 19.2. The van der Waals surface area contributed by atoms with E-state index < -0.39 is 0 Å². The molecule has 6 nitrogen and oxygen atoms in total. The Kier molecular flexibility index (Phi) is 6.45. The molecule has 4 aromatic rings. The van der Waals surface area contributed by atoms with Gasteiger partial charge in [-0.25, -0.2) is 4.98 Å². The number of carbonyl (C=O) groups is 1. The van der Waals surface area contributed by atoms with Crippen LogP contribution in [-0.2, 0) is 6.42 Å². The van der Waals surface area contributed by atoms with Gasteiger partial charge in [0.2, 0.25) is 11.5 Å². The molecule has 0 amide bonds. The van der Waals surface area contributed by atoms with Gasteiger partial charge in [-0.2, -0.15) is 0 Å². The normalized spacial score (nSPS) is 10.7. The third-order valence-corrected chi connectivity index (χ3v) is 5.52. The summed E-state index contributed by atoms with van der Waals surface area (Å²) in [6.45, 7) is 2.04. The number of aromatic nitrogens is 2. The van der Waals surface area contributed by atoms with Gasteiger partial charge in [0.1, 0.15) is 11.5 Å². The summed E-state index contributed by atoms with van der Waals surface area (Å²) in [6, 6.07) is 21.4. The number of methoxy groups -OCH3 is 3. The molecular formula is C27H26N2O4. The zero-order valence-corrected chi connectivity index (χ0v) is 19.2. The van der Waals surface area contributed by atoms with Crippen LogP contribution in [0.4, 0.5) is 0 Å². The monoisotopic (exact) mass is 442 g/mol. The first-order chi connectivity index (χ1) is 16.0. The number of carbonyl (C=O) groups excluding carboxylic acids is 1. The van der Waals surface area contributed by atoms with E-state index in [0.29, 0.717) is 34.9 Å². The van der Waals surface area contributed by atoms with Crippen LogP contribution >= 0.6 is 0 Å². The lowest BCUT2D eigenvalue weighted by molar-refractivity contribution is 0.103. The second-order valence-electron chi connectivity index (χ2n) is 7.60. The van der Waals surface area contributed by atoms with Crippen molar-refractivity contribution < 1.29 is 19.0 Å². The molecule has 0 N–H and O–H groups in total. The Labute approximate surface area is 193 Å². The topological polar surface area (TPSA) is 62.6 Å². The summed E-state index contributed by atoms with van der Waals surface area (Å²) in [5, 5.41) is 0. The summed E-state index contributed by atoms with van der Waals surface area (Å²) in [5.41, 5.74) is 3.95. The number of rotatable bonds is 8. The smallest absolute Gasteiger partial charge is 0.213 e. The first kappa shape index (κ1) is 22.1. The summed E-state index contributed by atoms with van der Waals surface area (Å²) in [4.78, 5) is 18.2. The van der Waals surface area contributed by atoms with Crippen LogP contribution in [0.5, 0.6) is 17.2 Å². The van der Waals surface area contributed by atoms with Crippen molar-refractivity contribution in [3.8, 4) is 22.9 Å². The van der Waals surface area contributed by atoms with Gasteiger partial charge in [-0.05, 0) is 36.2 Å². The number of ketones is 1. The van der Waals surface area contributed by atoms with E-state index in [2.05, 4.69) is 12.1 Å². The van der Waals surface area contributed by atoms with E-state index in [9.17, 15) is 4.79 Å². The Hall–Kier alpha value is -4.06. The van der Waals surface area contributed by atoms with Crippen LogP contribution in [0, 0.1) is 6.92 Å². The molecule has 0 aliphatic carbocycles. The quantitative estimate of drug-likeness (QED) is 0.358. The van der Waals surface area contributed by atoms with Crippen molar-refractivity contribution in [2.24, 2.45) is 0 Å². The predicted molar refractivity (Wildman–Crippen MR) is 127 cm³/mol. The SMILES string of the molecule is COc1cc(C(=O)c2cn(-c3ccccc3C)c(Cc3ccccc3)n2)cc(OC)c1OC. The van der Waals surface area contributed by atoms with Crippen LogP contribution in [0.2, 0.25) is 0 Å². The number of hydrogen-bond acceptors (Lipinski definition) is 5. The number of aryl methyl sites for hydroxylation is 1. The molecule has 0 unspecified atom stereocenters. The van der Waals surface area contributed by atoms with Crippen molar-refractivity contribution in [3.05, 3.63) is 101 Å². The highest BCUT2D eigenvalue weighted by Gasteiger charge is 2.22. The zero-order chi connectivity index (χ0) is 23.4. The summed E-state index contributed by atoms with van der Waals surface area (Å²) >= 11 is 0. The van der Waals surface area contributed by atoms with Gasteiger partial charge in [-0.1, -0.05) is 48.5 Å². The molecule has 0 bridgehead atoms. The van der Waals surface area contributed by atoms with E-state index >= 15 is 0 Å². The van der Waals surface area contributed by atoms with Gasteiger partial charge in [-0.15, -0.1) is 0 Å². The highest BCUT2D eigenvalue weighted by Crippen LogP contribution is 2.38. The highest BCUT2D eigenvalue weighted by atomic mass is 16.5. The van der Waals surface area contributed by atoms with Gasteiger partial charge in [0.25, 0.3) is 0 Å². The van der Waals surface area contributed by atoms with Crippen LogP contribution in [-0.4, -0.2) is 36.7 Å². The number of benzene rings is 3. The molecule has 4 rings (SSSR count). The molecule has 168 valence electrons. The van der Waals surface area contributed by atoms with E-state index in [1.165, 1.54) is 21.3 Å². The highest BCUT2D eigenvalue weighted by molar-refractivity contribution is 6.08. The standard InChI is InChI=1S/C27H26N2O4/c1-18-10-8-9-13-22(18)29-17-21(28-25(29)14-19-11-6-5-7-12-19)26(30)20-15-23(31-2)27(33-4)24(16-20)32-3/h5-13,15-17H,14H2,1-4H3. The van der Waals surface area contributed by atoms with Crippen molar-refractivity contribution in [1.82, 2.24) is 9.55 Å². The van der Waals surface area contributed by atoms with Gasteiger partial charge in [0.05, 0.1) is 21.3 Å². The molecule has 33 heavy (non-hydrogen) atoms. The fourth-order valence-corrected chi connectivity index (χ4v) is 3.83. The van der Waals surface area contributed by atoms with E-state index in [-0.39, 0.29) is 5.78 Å². The van der Waals surface area contributed by atoms with Gasteiger partial charge in [0, 0.05) is 23.9 Å². The van der Waals surface area contributed by atoms with Gasteiger partial charge in [0.15, 0.2) is 11.5 Å². The number of ether oxygens (including phenoxy) is 3. The minimum absolute atomic E-state index is 0.226. The summed E-state index contributed by atoms with van der Waals surface area (Å²) in [5.74, 6) is 1.83. The third-order valence-electron chi connectivity index (χ3n) is 5.52. The fraction of sp³-hybridized carbons (Fsp3) is 0.185. The van der Waals surface area contributed by atoms with Crippen LogP contribution in [0.3, 0.4) is 0 Å². The van der Waals surface area contributed by atoms with Gasteiger partial charge in [-0.3, -0.25) is 4.79 Å². The van der Waals surface area contributed by atoms with Crippen molar-refractivity contribution >= 4 is 5.78 Å². The first-order valence-corrected chi connectivity index (χ1v) is 10.6. The average molecular weight is 443 g/mol. The van der Waals surface area contributed by atoms with Crippen molar-refractivity contribution in [2.75, 3.05) is 21.3 Å². The van der Waals surface area contributed by atoms with Crippen LogP contribution < -0.4 is 14.2 Å². The molecule has 0 saturated carbocycles. The van der Waals surface area contributed by atoms with Gasteiger partial charge < -0.3 is 18.8 Å². The molecule has 1 aromatic heterocycles. The molecule has 0 atom stereocenters. The Morgan fingerprint density at radius 2 is 1.52 bits per heavy atom. The van der Waals surface area contributed by atoms with Crippen LogP contribution in [0.25, 0.3) is 5.69 Å². The molecule has 0 aliphatic rings. The number of hydrogen-bond donors (Lipinski definition) is 0. The van der Waals surface area contributed by atoms with Crippen molar-refractivity contribution in [3.63, 3.8) is 0 Å². The van der Waals surface area contributed by atoms with Crippen LogP contribution in [0.15, 0.2) is 72.9 Å². The Morgan fingerprint density at radius 3 is 2.12 bits per heavy atom. The van der Waals surface area contributed by atoms with Crippen molar-refractivity contribution in [2.45, 2.75) is 13.3 Å². The lowest BCUT2D eigenvalue weighted by atomic mass is 10.1. The molecule has 6 heteroatoms. The van der Waals surface area contributed by atoms with Crippen molar-refractivity contribution in [1.29, 1.82) is 0 Å². The average Bonchev–Trinajstić information content (AvgIpc) is 3.26. The van der Waals surface area contributed by atoms with Crippen LogP contribution in [0.1, 0.15) is 33.0 Å². The molecule has 0 aliphatic heterocycles. The van der Waals surface area contributed by atoms with E-state index in [1.807, 2.05) is 54.0 Å². The first-order valence-electron chi connectivity index (χ1n) is 10.6. The maximum atomic E-state index is 13.5. The Balaban J connectivity index is 1.81. The lowest BCUT2D eigenvalue weighted by Gasteiger charge is -2.13. The Morgan fingerprint density at radius 1 is 0.879 bits per heavy atom. The number of nitrogens with zero attached hydrogens (tertiary/aromatic N) is 2. The Bertz CT molecular complexity index is 1250. The van der Waals surface area contributed by atoms with E-state index in [4.69, 9.17) is 19.2 Å². The maximum Gasteiger partial charge on any atom is 0.213 e. The maximum absolute atomic E-state index is 13.5. The molecule has 0 fully saturated rings. The van der Waals surface area contributed by atoms with Gasteiger partial charge >= 0.3 is 0 Å². The number of para-hydroxylation sites is 1. The summed E-state index contributed by atoms with van der Waals surface area (Å²) < 4.78 is 18.2. The third kappa shape index (κ3) is 4.46. The summed E-state index contributed by atoms with van der Waals surface area (Å²) in [7, 11) is 4.58. The molecular weight excluding hydrogens is 416 g/mol.